The van der Waals surface area contributed by atoms with Crippen LogP contribution in [0.1, 0.15) is 11.1 Å². The van der Waals surface area contributed by atoms with Gasteiger partial charge in [-0.15, -0.1) is 24.0 Å². The molecule has 2 rings (SSSR count). The van der Waals surface area contributed by atoms with Gasteiger partial charge >= 0.3 is 0 Å². The number of nitrogens with zero attached hydrogens (tertiary/aromatic N) is 2. The summed E-state index contributed by atoms with van der Waals surface area (Å²) in [7, 11) is 1.80. The van der Waals surface area contributed by atoms with Gasteiger partial charge in [0.2, 0.25) is 10.0 Å². The second-order valence-corrected chi connectivity index (χ2v) is 8.18. The van der Waals surface area contributed by atoms with Crippen LogP contribution in [0.3, 0.4) is 0 Å². The number of rotatable bonds is 9. The highest BCUT2D eigenvalue weighted by Crippen LogP contribution is 2.12. The lowest BCUT2D eigenvalue weighted by Gasteiger charge is -2.18. The van der Waals surface area contributed by atoms with Crippen LogP contribution < -0.4 is 10.0 Å². The van der Waals surface area contributed by atoms with E-state index in [1.807, 2.05) is 55.4 Å². The standard InChI is InChI=1S/C20H28N4O3S.HI/c1-24(2)20(21-15-17-8-5-4-6-9-17)22-16-18-10-7-11-19(14-18)28(25,26)23-12-13-27-3;/h4-11,14,23H,12-13,15-16H2,1-3H3,(H,21,22);1H. The molecule has 9 heteroatoms. The molecule has 0 bridgehead atoms. The Morgan fingerprint density at radius 1 is 1.07 bits per heavy atom. The van der Waals surface area contributed by atoms with Gasteiger partial charge in [0.25, 0.3) is 0 Å². The monoisotopic (exact) mass is 532 g/mol. The average Bonchev–Trinajstić information content (AvgIpc) is 2.69. The summed E-state index contributed by atoms with van der Waals surface area (Å²) in [6.45, 7) is 1.59. The van der Waals surface area contributed by atoms with Crippen LogP contribution in [0.4, 0.5) is 0 Å². The van der Waals surface area contributed by atoms with E-state index in [4.69, 9.17) is 4.74 Å². The van der Waals surface area contributed by atoms with Crippen LogP contribution in [0.15, 0.2) is 64.5 Å². The van der Waals surface area contributed by atoms with E-state index in [0.717, 1.165) is 17.1 Å². The van der Waals surface area contributed by atoms with Crippen LogP contribution in [-0.4, -0.2) is 53.6 Å². The number of benzene rings is 2. The molecule has 7 nitrogen and oxygen atoms in total. The third-order valence-electron chi connectivity index (χ3n) is 3.94. The minimum Gasteiger partial charge on any atom is -0.383 e. The molecule has 0 aliphatic rings. The molecule has 0 saturated carbocycles. The second-order valence-electron chi connectivity index (χ2n) is 6.41. The zero-order valence-electron chi connectivity index (χ0n) is 17.0. The van der Waals surface area contributed by atoms with Gasteiger partial charge in [-0.2, -0.15) is 0 Å². The van der Waals surface area contributed by atoms with Crippen LogP contribution in [0.2, 0.25) is 0 Å². The molecule has 0 heterocycles. The fraction of sp³-hybridized carbons (Fsp3) is 0.350. The maximum atomic E-state index is 12.3. The maximum Gasteiger partial charge on any atom is 0.240 e. The van der Waals surface area contributed by atoms with E-state index in [1.54, 1.807) is 18.2 Å². The molecular formula is C20H29IN4O3S. The first-order valence-corrected chi connectivity index (χ1v) is 10.5. The Morgan fingerprint density at radius 3 is 2.41 bits per heavy atom. The van der Waals surface area contributed by atoms with Crippen molar-refractivity contribution in [3.05, 3.63) is 65.7 Å². The number of methoxy groups -OCH3 is 1. The summed E-state index contributed by atoms with van der Waals surface area (Å²) in [6, 6.07) is 16.9. The van der Waals surface area contributed by atoms with Crippen LogP contribution in [-0.2, 0) is 27.8 Å². The number of guanidine groups is 1. The SMILES string of the molecule is COCCNS(=O)(=O)c1cccc(CN=C(NCc2ccccc2)N(C)C)c1.I. The molecule has 0 aliphatic heterocycles. The first-order chi connectivity index (χ1) is 13.4. The van der Waals surface area contributed by atoms with Crippen molar-refractivity contribution in [1.82, 2.24) is 14.9 Å². The molecule has 0 spiro atoms. The van der Waals surface area contributed by atoms with Crippen LogP contribution in [0.25, 0.3) is 0 Å². The summed E-state index contributed by atoms with van der Waals surface area (Å²) in [5, 5.41) is 3.32. The number of ether oxygens (including phenoxy) is 1. The van der Waals surface area contributed by atoms with Gasteiger partial charge < -0.3 is 15.0 Å². The van der Waals surface area contributed by atoms with Gasteiger partial charge in [0, 0.05) is 34.3 Å². The van der Waals surface area contributed by atoms with Crippen molar-refractivity contribution < 1.29 is 13.2 Å². The Morgan fingerprint density at radius 2 is 1.76 bits per heavy atom. The van der Waals surface area contributed by atoms with Gasteiger partial charge in [-0.25, -0.2) is 18.1 Å². The zero-order chi connectivity index (χ0) is 20.4. The van der Waals surface area contributed by atoms with Gasteiger partial charge in [-0.1, -0.05) is 42.5 Å². The largest absolute Gasteiger partial charge is 0.383 e. The molecule has 160 valence electrons. The summed E-state index contributed by atoms with van der Waals surface area (Å²) < 4.78 is 32.1. The number of hydrogen-bond donors (Lipinski definition) is 2. The number of sulfonamides is 1. The van der Waals surface area contributed by atoms with E-state index >= 15 is 0 Å². The Balaban J connectivity index is 0.00000420. The van der Waals surface area contributed by atoms with Crippen LogP contribution in [0, 0.1) is 0 Å². The van der Waals surface area contributed by atoms with E-state index in [9.17, 15) is 8.42 Å². The smallest absolute Gasteiger partial charge is 0.240 e. The summed E-state index contributed by atoms with van der Waals surface area (Å²) >= 11 is 0. The van der Waals surface area contributed by atoms with Crippen molar-refractivity contribution in [2.24, 2.45) is 4.99 Å². The molecule has 29 heavy (non-hydrogen) atoms. The first-order valence-electron chi connectivity index (χ1n) is 8.99. The fourth-order valence-corrected chi connectivity index (χ4v) is 3.55. The molecule has 2 aromatic rings. The minimum absolute atomic E-state index is 0. The summed E-state index contributed by atoms with van der Waals surface area (Å²) in [4.78, 5) is 6.72. The third-order valence-corrected chi connectivity index (χ3v) is 5.39. The topological polar surface area (TPSA) is 83.0 Å². The third kappa shape index (κ3) is 8.69. The minimum atomic E-state index is -3.56. The molecule has 2 aromatic carbocycles. The lowest BCUT2D eigenvalue weighted by Crippen LogP contribution is -2.36. The second kappa shape index (κ2) is 12.8. The number of nitrogens with one attached hydrogen (secondary N) is 2. The summed E-state index contributed by atoms with van der Waals surface area (Å²) in [5.74, 6) is 0.732. The maximum absolute atomic E-state index is 12.3. The van der Waals surface area contributed by atoms with Crippen molar-refractivity contribution in [1.29, 1.82) is 0 Å². The normalized spacial score (nSPS) is 11.6. The van der Waals surface area contributed by atoms with Crippen molar-refractivity contribution >= 4 is 40.0 Å². The number of hydrogen-bond acceptors (Lipinski definition) is 4. The van der Waals surface area contributed by atoms with Crippen molar-refractivity contribution in [2.75, 3.05) is 34.4 Å². The molecular weight excluding hydrogens is 503 g/mol. The first kappa shape index (κ1) is 25.3. The summed E-state index contributed by atoms with van der Waals surface area (Å²) in [5.41, 5.74) is 1.97. The zero-order valence-corrected chi connectivity index (χ0v) is 20.1. The highest BCUT2D eigenvalue weighted by Gasteiger charge is 2.13. The van der Waals surface area contributed by atoms with Gasteiger partial charge in [-0.05, 0) is 23.3 Å². The highest BCUT2D eigenvalue weighted by atomic mass is 127. The molecule has 0 atom stereocenters. The van der Waals surface area contributed by atoms with Gasteiger partial charge in [0.1, 0.15) is 0 Å². The van der Waals surface area contributed by atoms with Crippen molar-refractivity contribution in [3.8, 4) is 0 Å². The molecule has 0 unspecified atom stereocenters. The Labute approximate surface area is 190 Å². The van der Waals surface area contributed by atoms with Crippen molar-refractivity contribution in [3.63, 3.8) is 0 Å². The average molecular weight is 532 g/mol. The molecule has 0 amide bonds. The lowest BCUT2D eigenvalue weighted by molar-refractivity contribution is 0.204. The van der Waals surface area contributed by atoms with E-state index in [0.29, 0.717) is 19.7 Å². The lowest BCUT2D eigenvalue weighted by atomic mass is 10.2. The van der Waals surface area contributed by atoms with Gasteiger partial charge in [-0.3, -0.25) is 0 Å². The van der Waals surface area contributed by atoms with Crippen molar-refractivity contribution in [2.45, 2.75) is 18.0 Å². The number of halogens is 1. The fourth-order valence-electron chi connectivity index (χ4n) is 2.47. The Bertz CT molecular complexity index is 874. The van der Waals surface area contributed by atoms with E-state index in [2.05, 4.69) is 15.0 Å². The number of aliphatic imine (C=N–C) groups is 1. The summed E-state index contributed by atoms with van der Waals surface area (Å²) in [6.07, 6.45) is 0. The van der Waals surface area contributed by atoms with Gasteiger partial charge in [0.15, 0.2) is 5.96 Å². The molecule has 0 aliphatic carbocycles. The Hall–Kier alpha value is -1.69. The molecule has 0 aromatic heterocycles. The quantitative estimate of drug-likeness (QED) is 0.225. The van der Waals surface area contributed by atoms with Gasteiger partial charge in [0.05, 0.1) is 18.0 Å². The Kier molecular flexibility index (Phi) is 11.2. The molecule has 0 saturated heterocycles. The predicted octanol–water partition coefficient (Wildman–Crippen LogP) is 2.44. The molecule has 0 fully saturated rings. The van der Waals surface area contributed by atoms with E-state index in [-0.39, 0.29) is 35.4 Å². The highest BCUT2D eigenvalue weighted by molar-refractivity contribution is 14.0. The van der Waals surface area contributed by atoms with Crippen LogP contribution in [0.5, 0.6) is 0 Å². The van der Waals surface area contributed by atoms with Crippen LogP contribution >= 0.6 is 24.0 Å². The molecule has 2 N–H and O–H groups in total. The molecule has 0 radical (unpaired) electrons. The predicted molar refractivity (Wildman–Crippen MR) is 127 cm³/mol. The van der Waals surface area contributed by atoms with E-state index < -0.39 is 10.0 Å². The van der Waals surface area contributed by atoms with E-state index in [1.165, 1.54) is 7.11 Å².